The van der Waals surface area contributed by atoms with Crippen molar-refractivity contribution >= 4 is 21.4 Å². The number of alkyl halides is 3. The first kappa shape index (κ1) is 17.4. The molecule has 0 spiro atoms. The molecule has 24 heavy (non-hydrogen) atoms. The van der Waals surface area contributed by atoms with E-state index >= 15 is 0 Å². The van der Waals surface area contributed by atoms with Crippen LogP contribution in [-0.2, 0) is 23.2 Å². The molecule has 3 rings (SSSR count). The van der Waals surface area contributed by atoms with Crippen LogP contribution in [0.1, 0.15) is 25.0 Å². The van der Waals surface area contributed by atoms with Gasteiger partial charge in [0.05, 0.1) is 4.88 Å². The quantitative estimate of drug-likeness (QED) is 0.822. The molecule has 2 aromatic rings. The molecule has 0 aromatic carbocycles. The molecule has 10 heteroatoms. The summed E-state index contributed by atoms with van der Waals surface area (Å²) in [7, 11) is -2.37. The number of rotatable bonds is 3. The molecular weight excluding hydrogens is 363 g/mol. The number of aromatic nitrogens is 2. The number of hydrogen-bond donors (Lipinski definition) is 0. The Bertz CT molecular complexity index is 834. The lowest BCUT2D eigenvalue weighted by Gasteiger charge is -2.25. The summed E-state index contributed by atoms with van der Waals surface area (Å²) in [5, 5.41) is 3.85. The molecule has 0 atom stereocenters. The minimum Gasteiger partial charge on any atom is -0.263 e. The second-order valence-electron chi connectivity index (χ2n) is 5.62. The van der Waals surface area contributed by atoms with Crippen LogP contribution in [0.15, 0.2) is 22.4 Å². The first-order valence-corrected chi connectivity index (χ1v) is 9.67. The van der Waals surface area contributed by atoms with Crippen LogP contribution in [0.2, 0.25) is 0 Å². The Morgan fingerprint density at radius 1 is 1.17 bits per heavy atom. The van der Waals surface area contributed by atoms with Gasteiger partial charge in [0.2, 0.25) is 0 Å². The van der Waals surface area contributed by atoms with Crippen LogP contribution in [0, 0.1) is 0 Å². The summed E-state index contributed by atoms with van der Waals surface area (Å²) in [6.45, 7) is 0.967. The van der Waals surface area contributed by atoms with E-state index < -0.39 is 21.9 Å². The molecule has 132 valence electrons. The van der Waals surface area contributed by atoms with Crippen LogP contribution in [0.25, 0.3) is 10.6 Å². The fourth-order valence-electron chi connectivity index (χ4n) is 2.68. The maximum absolute atomic E-state index is 12.9. The van der Waals surface area contributed by atoms with E-state index in [1.54, 1.807) is 0 Å². The second-order valence-corrected chi connectivity index (χ2v) is 8.87. The van der Waals surface area contributed by atoms with Crippen molar-refractivity contribution in [3.63, 3.8) is 0 Å². The van der Waals surface area contributed by atoms with Crippen LogP contribution in [0.3, 0.4) is 0 Å². The molecule has 0 N–H and O–H groups in total. The summed E-state index contributed by atoms with van der Waals surface area (Å²) in [5.41, 5.74) is -0.749. The highest BCUT2D eigenvalue weighted by molar-refractivity contribution is 7.91. The van der Waals surface area contributed by atoms with Crippen LogP contribution < -0.4 is 0 Å². The highest BCUT2D eigenvalue weighted by Gasteiger charge is 2.35. The monoisotopic (exact) mass is 379 g/mol. The van der Waals surface area contributed by atoms with Crippen molar-refractivity contribution < 1.29 is 21.6 Å². The van der Waals surface area contributed by atoms with Gasteiger partial charge in [-0.15, -0.1) is 11.3 Å². The van der Waals surface area contributed by atoms with Crippen molar-refractivity contribution in [1.29, 1.82) is 0 Å². The number of sulfonamides is 1. The Labute approximate surface area is 141 Å². The molecule has 0 bridgehead atoms. The molecule has 0 unspecified atom stereocenters. The number of hydrogen-bond acceptors (Lipinski definition) is 4. The third-order valence-electron chi connectivity index (χ3n) is 3.91. The van der Waals surface area contributed by atoms with Gasteiger partial charge in [-0.05, 0) is 31.0 Å². The largest absolute Gasteiger partial charge is 0.433 e. The van der Waals surface area contributed by atoms with Crippen LogP contribution in [0.4, 0.5) is 13.2 Å². The van der Waals surface area contributed by atoms with Crippen molar-refractivity contribution in [3.05, 3.63) is 23.9 Å². The average Bonchev–Trinajstić information content (AvgIpc) is 3.14. The Hall–Kier alpha value is -1.39. The van der Waals surface area contributed by atoms with Gasteiger partial charge in [0, 0.05) is 20.1 Å². The minimum atomic E-state index is -4.50. The lowest BCUT2D eigenvalue weighted by atomic mass is 10.2. The Morgan fingerprint density at radius 2 is 1.83 bits per heavy atom. The number of thiophene rings is 1. The zero-order valence-electron chi connectivity index (χ0n) is 12.9. The molecular formula is C14H16F3N3O2S2. The van der Waals surface area contributed by atoms with Gasteiger partial charge < -0.3 is 0 Å². The third kappa shape index (κ3) is 3.22. The van der Waals surface area contributed by atoms with E-state index in [2.05, 4.69) is 5.10 Å². The molecule has 1 fully saturated rings. The summed E-state index contributed by atoms with van der Waals surface area (Å²) < 4.78 is 66.1. The lowest BCUT2D eigenvalue weighted by molar-refractivity contribution is -0.143. The summed E-state index contributed by atoms with van der Waals surface area (Å²) >= 11 is 0.946. The van der Waals surface area contributed by atoms with Crippen molar-refractivity contribution in [2.45, 2.75) is 29.6 Å². The number of halogens is 3. The van der Waals surface area contributed by atoms with Crippen LogP contribution in [-0.4, -0.2) is 35.6 Å². The Balaban J connectivity index is 1.91. The van der Waals surface area contributed by atoms with Crippen molar-refractivity contribution in [2.24, 2.45) is 7.05 Å². The molecule has 1 aliphatic heterocycles. The van der Waals surface area contributed by atoms with E-state index in [0.717, 1.165) is 41.3 Å². The highest BCUT2D eigenvalue weighted by atomic mass is 32.2. The molecule has 2 aromatic heterocycles. The maximum atomic E-state index is 12.9. The molecule has 3 heterocycles. The normalized spacial score (nSPS) is 17.3. The summed E-state index contributed by atoms with van der Waals surface area (Å²) in [4.78, 5) is 0.400. The van der Waals surface area contributed by atoms with E-state index in [-0.39, 0.29) is 9.90 Å². The Kier molecular flexibility index (Phi) is 4.47. The van der Waals surface area contributed by atoms with Crippen LogP contribution >= 0.6 is 11.3 Å². The first-order chi connectivity index (χ1) is 11.2. The number of piperidine rings is 1. The second kappa shape index (κ2) is 6.16. The van der Waals surface area contributed by atoms with Gasteiger partial charge in [-0.3, -0.25) is 4.68 Å². The first-order valence-electron chi connectivity index (χ1n) is 7.41. The fraction of sp³-hybridized carbons (Fsp3) is 0.500. The zero-order valence-corrected chi connectivity index (χ0v) is 14.5. The van der Waals surface area contributed by atoms with E-state index in [1.165, 1.54) is 23.5 Å². The Morgan fingerprint density at radius 3 is 2.42 bits per heavy atom. The number of nitrogens with zero attached hydrogens (tertiary/aromatic N) is 3. The van der Waals surface area contributed by atoms with Crippen molar-refractivity contribution in [1.82, 2.24) is 14.1 Å². The van der Waals surface area contributed by atoms with Crippen molar-refractivity contribution in [3.8, 4) is 10.6 Å². The third-order valence-corrected chi connectivity index (χ3v) is 7.39. The summed E-state index contributed by atoms with van der Waals surface area (Å²) in [5.74, 6) is 0. The van der Waals surface area contributed by atoms with Gasteiger partial charge in [-0.2, -0.15) is 22.6 Å². The maximum Gasteiger partial charge on any atom is 0.433 e. The van der Waals surface area contributed by atoms with E-state index in [4.69, 9.17) is 0 Å². The van der Waals surface area contributed by atoms with E-state index in [1.807, 2.05) is 0 Å². The van der Waals surface area contributed by atoms with Gasteiger partial charge in [0.25, 0.3) is 10.0 Å². The molecule has 5 nitrogen and oxygen atoms in total. The van der Waals surface area contributed by atoms with E-state index in [9.17, 15) is 21.6 Å². The number of aryl methyl sites for hydroxylation is 1. The average molecular weight is 379 g/mol. The predicted octanol–water partition coefficient (Wildman–Crippen LogP) is 3.34. The van der Waals surface area contributed by atoms with Gasteiger partial charge in [-0.25, -0.2) is 8.42 Å². The van der Waals surface area contributed by atoms with E-state index in [0.29, 0.717) is 18.0 Å². The molecule has 0 amide bonds. The van der Waals surface area contributed by atoms with Crippen molar-refractivity contribution in [2.75, 3.05) is 13.1 Å². The standard InChI is InChI=1S/C14H16F3N3O2S2/c1-19-12(14(15,16)17)9-10(18-19)11-5-6-13(23-11)24(21,22)20-7-3-2-4-8-20/h5-6,9H,2-4,7-8H2,1H3. The summed E-state index contributed by atoms with van der Waals surface area (Å²) in [6, 6.07) is 3.87. The molecule has 1 saturated heterocycles. The summed E-state index contributed by atoms with van der Waals surface area (Å²) in [6.07, 6.45) is -1.84. The smallest absolute Gasteiger partial charge is 0.263 e. The topological polar surface area (TPSA) is 55.2 Å². The molecule has 1 aliphatic rings. The molecule has 0 aliphatic carbocycles. The SMILES string of the molecule is Cn1nc(-c2ccc(S(=O)(=O)N3CCCCC3)s2)cc1C(F)(F)F. The van der Waals surface area contributed by atoms with Gasteiger partial charge >= 0.3 is 6.18 Å². The fourth-order valence-corrected chi connectivity index (χ4v) is 5.62. The predicted molar refractivity (Wildman–Crippen MR) is 84.1 cm³/mol. The minimum absolute atomic E-state index is 0.120. The molecule has 0 radical (unpaired) electrons. The van der Waals surface area contributed by atoms with Gasteiger partial charge in [-0.1, -0.05) is 6.42 Å². The zero-order chi connectivity index (χ0) is 17.5. The highest BCUT2D eigenvalue weighted by Crippen LogP contribution is 2.36. The molecule has 0 saturated carbocycles. The lowest BCUT2D eigenvalue weighted by Crippen LogP contribution is -2.35. The van der Waals surface area contributed by atoms with Gasteiger partial charge in [0.15, 0.2) is 0 Å². The van der Waals surface area contributed by atoms with Gasteiger partial charge in [0.1, 0.15) is 15.6 Å². The van der Waals surface area contributed by atoms with Crippen LogP contribution in [0.5, 0.6) is 0 Å².